The lowest BCUT2D eigenvalue weighted by atomic mass is 9.44. The molecule has 0 saturated heterocycles. The van der Waals surface area contributed by atoms with Crippen LogP contribution in [0.1, 0.15) is 122 Å². The first-order chi connectivity index (χ1) is 22.3. The summed E-state index contributed by atoms with van der Waals surface area (Å²) >= 11 is 0. The van der Waals surface area contributed by atoms with Gasteiger partial charge >= 0.3 is 5.97 Å². The minimum Gasteiger partial charge on any atom is -0.458 e. The second-order valence-electron chi connectivity index (χ2n) is 16.2. The van der Waals surface area contributed by atoms with Gasteiger partial charge in [-0.3, -0.25) is 20.2 Å². The summed E-state index contributed by atoms with van der Waals surface area (Å²) < 4.78 is 11.5. The third-order valence-corrected chi connectivity index (χ3v) is 13.3. The fourth-order valence-electron chi connectivity index (χ4n) is 10.9. The van der Waals surface area contributed by atoms with Gasteiger partial charge in [0.15, 0.2) is 0 Å². The molecule has 4 saturated carbocycles. The van der Waals surface area contributed by atoms with Crippen molar-refractivity contribution in [3.63, 3.8) is 0 Å². The Balaban J connectivity index is 1.08. The van der Waals surface area contributed by atoms with Crippen molar-refractivity contribution in [1.82, 2.24) is 0 Å². The molecule has 9 nitrogen and oxygen atoms in total. The van der Waals surface area contributed by atoms with Crippen molar-refractivity contribution in [2.75, 3.05) is 13.2 Å². The fourth-order valence-corrected chi connectivity index (χ4v) is 10.9. The van der Waals surface area contributed by atoms with Crippen molar-refractivity contribution in [2.24, 2.45) is 52.3 Å². The molecular weight excluding hydrogens is 596 g/mol. The predicted molar refractivity (Wildman–Crippen MR) is 182 cm³/mol. The van der Waals surface area contributed by atoms with Crippen LogP contribution in [-0.2, 0) is 9.47 Å². The number of hydrogen-bond acceptors (Lipinski definition) is 7. The number of fused-ring (bicyclic) bond motifs is 5. The highest BCUT2D eigenvalue weighted by molar-refractivity contribution is 5.91. The molecule has 0 amide bonds. The molecule has 0 aromatic heterocycles. The lowest BCUT2D eigenvalue weighted by molar-refractivity contribution is -0.394. The summed E-state index contributed by atoms with van der Waals surface area (Å²) in [5.41, 5.74) is -0.341. The summed E-state index contributed by atoms with van der Waals surface area (Å²) in [6.07, 6.45) is 19.7. The van der Waals surface area contributed by atoms with E-state index < -0.39 is 27.2 Å². The van der Waals surface area contributed by atoms with Crippen LogP contribution in [0.15, 0.2) is 30.4 Å². The number of ether oxygens (including phenoxy) is 2. The normalized spacial score (nSPS) is 34.0. The molecule has 260 valence electrons. The van der Waals surface area contributed by atoms with Gasteiger partial charge in [-0.25, -0.2) is 4.79 Å². The highest BCUT2D eigenvalue weighted by atomic mass is 16.6. The van der Waals surface area contributed by atoms with Crippen LogP contribution in [0.5, 0.6) is 0 Å². The number of nitro benzene ring substituents is 2. The second-order valence-corrected chi connectivity index (χ2v) is 16.2. The Bertz CT molecular complexity index is 1300. The molecule has 9 unspecified atom stereocenters. The van der Waals surface area contributed by atoms with Crippen LogP contribution in [0.2, 0.25) is 0 Å². The average molecular weight is 653 g/mol. The van der Waals surface area contributed by atoms with Crippen LogP contribution in [-0.4, -0.2) is 35.1 Å². The first-order valence-electron chi connectivity index (χ1n) is 18.2. The third-order valence-electron chi connectivity index (χ3n) is 13.3. The van der Waals surface area contributed by atoms with Crippen molar-refractivity contribution in [3.05, 3.63) is 56.1 Å². The van der Waals surface area contributed by atoms with Crippen molar-refractivity contribution in [2.45, 2.75) is 118 Å². The van der Waals surface area contributed by atoms with Gasteiger partial charge < -0.3 is 9.47 Å². The number of carbonyl (C=O) groups excluding carboxylic acids is 1. The Kier molecular flexibility index (Phi) is 11.1. The molecule has 0 spiro atoms. The Morgan fingerprint density at radius 1 is 0.872 bits per heavy atom. The van der Waals surface area contributed by atoms with Crippen LogP contribution < -0.4 is 0 Å². The Labute approximate surface area is 280 Å². The highest BCUT2D eigenvalue weighted by Crippen LogP contribution is 2.68. The van der Waals surface area contributed by atoms with Crippen LogP contribution >= 0.6 is 0 Å². The number of nitrogens with zero attached hydrogens (tertiary/aromatic N) is 2. The van der Waals surface area contributed by atoms with Crippen molar-refractivity contribution >= 4 is 17.3 Å². The van der Waals surface area contributed by atoms with Gasteiger partial charge in [0.2, 0.25) is 0 Å². The SMILES string of the molecule is CC(C)CCCC(C)C1CCC2C3CCC4CC(OC/C=C/COC(=O)c5cc([N+](=O)[O-])cc([N+](=O)[O-])c5)CCC4(C)C3CCC12C. The van der Waals surface area contributed by atoms with E-state index in [4.69, 9.17) is 9.47 Å². The lowest BCUT2D eigenvalue weighted by Gasteiger charge is -2.61. The number of benzene rings is 1. The molecule has 0 heterocycles. The third kappa shape index (κ3) is 7.60. The largest absolute Gasteiger partial charge is 0.458 e. The quantitative estimate of drug-likeness (QED) is 0.0900. The molecule has 4 fully saturated rings. The molecule has 9 atom stereocenters. The number of hydrogen-bond donors (Lipinski definition) is 0. The minimum atomic E-state index is -0.850. The van der Waals surface area contributed by atoms with Crippen molar-refractivity contribution in [1.29, 1.82) is 0 Å². The van der Waals surface area contributed by atoms with E-state index in [0.717, 1.165) is 66.5 Å². The molecule has 0 N–H and O–H groups in total. The first kappa shape index (κ1) is 35.5. The fraction of sp³-hybridized carbons (Fsp3) is 0.763. The number of non-ortho nitro benzene ring substituents is 2. The van der Waals surface area contributed by atoms with E-state index in [1.165, 1.54) is 64.2 Å². The molecule has 9 heteroatoms. The van der Waals surface area contributed by atoms with Gasteiger partial charge in [-0.2, -0.15) is 0 Å². The van der Waals surface area contributed by atoms with E-state index in [1.54, 1.807) is 6.08 Å². The summed E-state index contributed by atoms with van der Waals surface area (Å²) in [6.45, 7) is 12.9. The number of nitro groups is 2. The standard InChI is InChI=1S/C38H56N2O7/c1-25(2)9-8-10-26(3)33-13-14-34-32-12-11-28-23-31(15-17-37(28,4)35(32)16-18-38(33,34)5)46-19-6-7-20-47-36(41)27-21-29(39(42)43)24-30(22-27)40(44)45/h6-7,21-22,24-26,28,31-35H,8-20,23H2,1-5H3/b7-6+. The van der Waals surface area contributed by atoms with Crippen molar-refractivity contribution in [3.8, 4) is 0 Å². The number of esters is 1. The van der Waals surface area contributed by atoms with Gasteiger partial charge in [-0.15, -0.1) is 0 Å². The first-order valence-corrected chi connectivity index (χ1v) is 18.2. The molecule has 0 radical (unpaired) electrons. The predicted octanol–water partition coefficient (Wildman–Crippen LogP) is 9.72. The molecule has 0 aliphatic heterocycles. The lowest BCUT2D eigenvalue weighted by Crippen LogP contribution is -2.54. The van der Waals surface area contributed by atoms with Gasteiger partial charge in [-0.1, -0.05) is 60.0 Å². The molecular formula is C38H56N2O7. The molecule has 1 aromatic rings. The van der Waals surface area contributed by atoms with E-state index in [2.05, 4.69) is 34.6 Å². The van der Waals surface area contributed by atoms with E-state index in [0.29, 0.717) is 23.4 Å². The molecule has 0 bridgehead atoms. The second kappa shape index (κ2) is 14.8. The van der Waals surface area contributed by atoms with Gasteiger partial charge in [-0.05, 0) is 116 Å². The van der Waals surface area contributed by atoms with Crippen LogP contribution in [0, 0.1) is 72.5 Å². The Morgan fingerprint density at radius 2 is 1.53 bits per heavy atom. The van der Waals surface area contributed by atoms with Crippen LogP contribution in [0.4, 0.5) is 11.4 Å². The Morgan fingerprint density at radius 3 is 2.21 bits per heavy atom. The number of rotatable bonds is 13. The zero-order valence-electron chi connectivity index (χ0n) is 29.2. The summed E-state index contributed by atoms with van der Waals surface area (Å²) in [7, 11) is 0. The maximum absolute atomic E-state index is 12.4. The van der Waals surface area contributed by atoms with Crippen LogP contribution in [0.3, 0.4) is 0 Å². The van der Waals surface area contributed by atoms with E-state index in [1.807, 2.05) is 6.08 Å². The van der Waals surface area contributed by atoms with Gasteiger partial charge in [0.05, 0.1) is 34.2 Å². The molecule has 1 aromatic carbocycles. The smallest absolute Gasteiger partial charge is 0.338 e. The summed E-state index contributed by atoms with van der Waals surface area (Å²) in [4.78, 5) is 33.0. The topological polar surface area (TPSA) is 122 Å². The summed E-state index contributed by atoms with van der Waals surface area (Å²) in [5, 5.41) is 22.2. The zero-order chi connectivity index (χ0) is 33.9. The summed E-state index contributed by atoms with van der Waals surface area (Å²) in [6, 6.07) is 2.79. The average Bonchev–Trinajstić information content (AvgIpc) is 3.39. The number of carbonyl (C=O) groups is 1. The maximum Gasteiger partial charge on any atom is 0.338 e. The van der Waals surface area contributed by atoms with Crippen LogP contribution in [0.25, 0.3) is 0 Å². The Hall–Kier alpha value is -2.81. The van der Waals surface area contributed by atoms with E-state index in [-0.39, 0.29) is 18.3 Å². The molecule has 5 rings (SSSR count). The molecule has 4 aliphatic carbocycles. The summed E-state index contributed by atoms with van der Waals surface area (Å²) in [5.74, 6) is 5.04. The van der Waals surface area contributed by atoms with Crippen molar-refractivity contribution < 1.29 is 24.1 Å². The van der Waals surface area contributed by atoms with E-state index >= 15 is 0 Å². The zero-order valence-corrected chi connectivity index (χ0v) is 29.2. The van der Waals surface area contributed by atoms with Gasteiger partial charge in [0.25, 0.3) is 11.4 Å². The molecule has 4 aliphatic rings. The monoisotopic (exact) mass is 652 g/mol. The highest BCUT2D eigenvalue weighted by Gasteiger charge is 2.60. The van der Waals surface area contributed by atoms with Gasteiger partial charge in [0, 0.05) is 12.1 Å². The van der Waals surface area contributed by atoms with Gasteiger partial charge in [0.1, 0.15) is 6.61 Å². The minimum absolute atomic E-state index is 0.0508. The maximum atomic E-state index is 12.4. The van der Waals surface area contributed by atoms with E-state index in [9.17, 15) is 25.0 Å². The molecule has 47 heavy (non-hydrogen) atoms.